The van der Waals surface area contributed by atoms with Crippen LogP contribution >= 0.6 is 15.9 Å². The van der Waals surface area contributed by atoms with Gasteiger partial charge < -0.3 is 5.32 Å². The summed E-state index contributed by atoms with van der Waals surface area (Å²) in [7, 11) is 2.03. The van der Waals surface area contributed by atoms with Crippen molar-refractivity contribution in [3.8, 4) is 0 Å². The summed E-state index contributed by atoms with van der Waals surface area (Å²) in [5, 5.41) is 8.12. The van der Waals surface area contributed by atoms with Crippen molar-refractivity contribution >= 4 is 15.9 Å². The lowest BCUT2D eigenvalue weighted by Gasteiger charge is -2.45. The van der Waals surface area contributed by atoms with Crippen LogP contribution in [0.2, 0.25) is 0 Å². The van der Waals surface area contributed by atoms with Crippen molar-refractivity contribution in [2.24, 2.45) is 12.5 Å². The van der Waals surface area contributed by atoms with Gasteiger partial charge in [0.05, 0.1) is 15.9 Å². The molecule has 0 spiro atoms. The largest absolute Gasteiger partial charge is 0.311 e. The molecule has 4 nitrogen and oxygen atoms in total. The first-order valence-electron chi connectivity index (χ1n) is 7.35. The van der Waals surface area contributed by atoms with Crippen LogP contribution in [0.5, 0.6) is 0 Å². The van der Waals surface area contributed by atoms with E-state index in [0.29, 0.717) is 12.1 Å². The molecule has 1 aliphatic rings. The Morgan fingerprint density at radius 3 is 2.55 bits per heavy atom. The Balaban J connectivity index is 2.23. The maximum atomic E-state index is 4.51. The number of piperazine rings is 1. The van der Waals surface area contributed by atoms with Crippen molar-refractivity contribution in [2.75, 3.05) is 13.1 Å². The Bertz CT molecular complexity index is 475. The Kier molecular flexibility index (Phi) is 4.62. The molecule has 0 bridgehead atoms. The second kappa shape index (κ2) is 5.78. The minimum atomic E-state index is 0.271. The van der Waals surface area contributed by atoms with E-state index in [1.54, 1.807) is 0 Å². The molecular formula is C15H27BrN4. The van der Waals surface area contributed by atoms with Crippen LogP contribution in [-0.2, 0) is 13.6 Å². The van der Waals surface area contributed by atoms with Gasteiger partial charge in [-0.1, -0.05) is 20.8 Å². The molecule has 2 heterocycles. The van der Waals surface area contributed by atoms with Crippen LogP contribution in [0.1, 0.15) is 39.1 Å². The average molecular weight is 343 g/mol. The van der Waals surface area contributed by atoms with Crippen LogP contribution in [0.25, 0.3) is 0 Å². The summed E-state index contributed by atoms with van der Waals surface area (Å²) >= 11 is 3.69. The van der Waals surface area contributed by atoms with Crippen LogP contribution in [0.15, 0.2) is 4.47 Å². The number of aryl methyl sites for hydroxylation is 2. The van der Waals surface area contributed by atoms with Gasteiger partial charge in [0.1, 0.15) is 0 Å². The van der Waals surface area contributed by atoms with E-state index in [4.69, 9.17) is 0 Å². The number of hydrogen-bond donors (Lipinski definition) is 1. The van der Waals surface area contributed by atoms with Crippen LogP contribution in [0.3, 0.4) is 0 Å². The first kappa shape index (κ1) is 16.0. The first-order valence-corrected chi connectivity index (χ1v) is 8.15. The Labute approximate surface area is 131 Å². The van der Waals surface area contributed by atoms with Crippen LogP contribution in [0, 0.1) is 12.3 Å². The van der Waals surface area contributed by atoms with E-state index in [0.717, 1.165) is 29.8 Å². The summed E-state index contributed by atoms with van der Waals surface area (Å²) in [6.45, 7) is 14.4. The summed E-state index contributed by atoms with van der Waals surface area (Å²) in [6, 6.07) is 1.09. The fourth-order valence-corrected chi connectivity index (χ4v) is 3.52. The SMILES string of the molecule is Cc1nn(C)c(CN2CC(C)NCC2C(C)(C)C)c1Br. The van der Waals surface area contributed by atoms with Gasteiger partial charge in [0.25, 0.3) is 0 Å². The maximum absolute atomic E-state index is 4.51. The lowest BCUT2D eigenvalue weighted by molar-refractivity contribution is 0.0505. The quantitative estimate of drug-likeness (QED) is 0.896. The third kappa shape index (κ3) is 3.26. The van der Waals surface area contributed by atoms with E-state index in [1.165, 1.54) is 5.69 Å². The third-order valence-corrected chi connectivity index (χ3v) is 5.25. The van der Waals surface area contributed by atoms with Crippen molar-refractivity contribution in [3.05, 3.63) is 15.9 Å². The predicted molar refractivity (Wildman–Crippen MR) is 86.8 cm³/mol. The number of hydrogen-bond acceptors (Lipinski definition) is 3. The zero-order chi connectivity index (χ0) is 15.1. The molecule has 1 fully saturated rings. The Morgan fingerprint density at radius 2 is 2.05 bits per heavy atom. The monoisotopic (exact) mass is 342 g/mol. The molecule has 1 saturated heterocycles. The molecule has 2 rings (SSSR count). The Hall–Kier alpha value is -0.390. The van der Waals surface area contributed by atoms with Crippen molar-refractivity contribution in [3.63, 3.8) is 0 Å². The van der Waals surface area contributed by atoms with Gasteiger partial charge in [-0.05, 0) is 35.2 Å². The average Bonchev–Trinajstić information content (AvgIpc) is 2.54. The van der Waals surface area contributed by atoms with Crippen molar-refractivity contribution < 1.29 is 0 Å². The highest BCUT2D eigenvalue weighted by atomic mass is 79.9. The van der Waals surface area contributed by atoms with E-state index >= 15 is 0 Å². The van der Waals surface area contributed by atoms with E-state index < -0.39 is 0 Å². The highest BCUT2D eigenvalue weighted by molar-refractivity contribution is 9.10. The smallest absolute Gasteiger partial charge is 0.0739 e. The van der Waals surface area contributed by atoms with Crippen LogP contribution in [0.4, 0.5) is 0 Å². The molecule has 0 radical (unpaired) electrons. The number of nitrogens with one attached hydrogen (secondary N) is 1. The summed E-state index contributed by atoms with van der Waals surface area (Å²) < 4.78 is 3.16. The van der Waals surface area contributed by atoms with Crippen molar-refractivity contribution in [1.82, 2.24) is 20.0 Å². The van der Waals surface area contributed by atoms with Gasteiger partial charge in [0.15, 0.2) is 0 Å². The molecule has 0 amide bonds. The molecule has 0 aliphatic carbocycles. The first-order chi connectivity index (χ1) is 9.20. The van der Waals surface area contributed by atoms with E-state index in [1.807, 2.05) is 11.7 Å². The highest BCUT2D eigenvalue weighted by Crippen LogP contribution is 2.29. The third-order valence-electron chi connectivity index (χ3n) is 4.22. The number of rotatable bonds is 2. The molecule has 1 N–H and O–H groups in total. The molecular weight excluding hydrogens is 316 g/mol. The van der Waals surface area contributed by atoms with Gasteiger partial charge >= 0.3 is 0 Å². The molecule has 2 atom stereocenters. The molecule has 2 unspecified atom stereocenters. The Morgan fingerprint density at radius 1 is 1.40 bits per heavy atom. The van der Waals surface area contributed by atoms with E-state index in [9.17, 15) is 0 Å². The second-order valence-corrected chi connectivity index (χ2v) is 7.88. The molecule has 0 aromatic carbocycles. The van der Waals surface area contributed by atoms with Gasteiger partial charge in [0.2, 0.25) is 0 Å². The van der Waals surface area contributed by atoms with E-state index in [-0.39, 0.29) is 5.41 Å². The van der Waals surface area contributed by atoms with Gasteiger partial charge in [-0.3, -0.25) is 9.58 Å². The molecule has 1 aliphatic heterocycles. The zero-order valence-electron chi connectivity index (χ0n) is 13.5. The lowest BCUT2D eigenvalue weighted by atomic mass is 9.84. The van der Waals surface area contributed by atoms with Gasteiger partial charge in [-0.15, -0.1) is 0 Å². The predicted octanol–water partition coefficient (Wildman–Crippen LogP) is 2.70. The molecule has 0 saturated carbocycles. The minimum absolute atomic E-state index is 0.271. The number of halogens is 1. The lowest BCUT2D eigenvalue weighted by Crippen LogP contribution is -2.59. The molecule has 1 aromatic rings. The zero-order valence-corrected chi connectivity index (χ0v) is 15.1. The summed E-state index contributed by atoms with van der Waals surface area (Å²) in [6.07, 6.45) is 0. The van der Waals surface area contributed by atoms with Crippen LogP contribution in [-0.4, -0.2) is 39.9 Å². The molecule has 1 aromatic heterocycles. The van der Waals surface area contributed by atoms with Gasteiger partial charge in [-0.2, -0.15) is 5.10 Å². The minimum Gasteiger partial charge on any atom is -0.311 e. The van der Waals surface area contributed by atoms with Gasteiger partial charge in [-0.25, -0.2) is 0 Å². The fourth-order valence-electron chi connectivity index (χ4n) is 3.06. The molecule has 114 valence electrons. The van der Waals surface area contributed by atoms with Crippen molar-refractivity contribution in [2.45, 2.75) is 53.2 Å². The maximum Gasteiger partial charge on any atom is 0.0739 e. The standard InChI is InChI=1S/C15H27BrN4/c1-10-8-20(13(7-17-10)15(3,4)5)9-12-14(16)11(2)18-19(12)6/h10,13,17H,7-9H2,1-6H3. The summed E-state index contributed by atoms with van der Waals surface area (Å²) in [4.78, 5) is 2.60. The molecule has 5 heteroatoms. The second-order valence-electron chi connectivity index (χ2n) is 7.09. The number of aromatic nitrogens is 2. The van der Waals surface area contributed by atoms with E-state index in [2.05, 4.69) is 65.9 Å². The van der Waals surface area contributed by atoms with Gasteiger partial charge in [0, 0.05) is 38.8 Å². The topological polar surface area (TPSA) is 33.1 Å². The molecule has 20 heavy (non-hydrogen) atoms. The normalized spacial score (nSPS) is 25.1. The number of nitrogens with zero attached hydrogens (tertiary/aromatic N) is 3. The van der Waals surface area contributed by atoms with Crippen molar-refractivity contribution in [1.29, 1.82) is 0 Å². The fraction of sp³-hybridized carbons (Fsp3) is 0.800. The summed E-state index contributed by atoms with van der Waals surface area (Å²) in [5.41, 5.74) is 2.61. The summed E-state index contributed by atoms with van der Waals surface area (Å²) in [5.74, 6) is 0. The highest BCUT2D eigenvalue weighted by Gasteiger charge is 2.35. The van der Waals surface area contributed by atoms with Crippen LogP contribution < -0.4 is 5.32 Å².